The van der Waals surface area contributed by atoms with Crippen LogP contribution in [0, 0.1) is 11.8 Å². The molecule has 150 valence electrons. The molecule has 1 aliphatic carbocycles. The topological polar surface area (TPSA) is 66.8 Å². The standard InChI is InChI=1S/C22H27NO4S/c1-14(2)23(20(24)17-11-7-8-15(3)12-17)18-13-19(16-9-5-4-6-10-16)28-21(18)27-22(25)26/h4-6,9-10,13-15,17H,7-8,11-12H2,1-3H3,(H,25,26). The van der Waals surface area contributed by atoms with E-state index in [1.54, 1.807) is 4.90 Å². The molecule has 1 aliphatic rings. The number of hydrogen-bond acceptors (Lipinski definition) is 4. The summed E-state index contributed by atoms with van der Waals surface area (Å²) >= 11 is 1.25. The number of nitrogens with zero attached hydrogens (tertiary/aromatic N) is 1. The van der Waals surface area contributed by atoms with Crippen LogP contribution in [0.15, 0.2) is 36.4 Å². The third-order valence-corrected chi connectivity index (χ3v) is 6.27. The highest BCUT2D eigenvalue weighted by atomic mass is 32.1. The van der Waals surface area contributed by atoms with E-state index in [9.17, 15) is 14.7 Å². The van der Waals surface area contributed by atoms with Crippen molar-refractivity contribution in [2.45, 2.75) is 52.5 Å². The van der Waals surface area contributed by atoms with E-state index in [-0.39, 0.29) is 22.9 Å². The summed E-state index contributed by atoms with van der Waals surface area (Å²) in [5, 5.41) is 9.44. The molecular weight excluding hydrogens is 374 g/mol. The van der Waals surface area contributed by atoms with Crippen molar-refractivity contribution >= 4 is 29.1 Å². The number of rotatable bonds is 5. The number of benzene rings is 1. The zero-order valence-electron chi connectivity index (χ0n) is 16.6. The fourth-order valence-electron chi connectivity index (χ4n) is 3.94. The van der Waals surface area contributed by atoms with Gasteiger partial charge >= 0.3 is 6.16 Å². The molecule has 0 radical (unpaired) electrons. The SMILES string of the molecule is CC1CCCC(C(=O)N(c2cc(-c3ccccc3)sc2OC(=O)O)C(C)C)C1. The van der Waals surface area contributed by atoms with E-state index in [4.69, 9.17) is 4.74 Å². The number of carboxylic acid groups (broad SMARTS) is 1. The van der Waals surface area contributed by atoms with Crippen molar-refractivity contribution in [3.63, 3.8) is 0 Å². The lowest BCUT2D eigenvalue weighted by Crippen LogP contribution is -2.42. The number of ether oxygens (including phenoxy) is 1. The van der Waals surface area contributed by atoms with Crippen LogP contribution < -0.4 is 9.64 Å². The molecule has 0 bridgehead atoms. The minimum absolute atomic E-state index is 0.0242. The molecule has 1 fully saturated rings. The van der Waals surface area contributed by atoms with E-state index >= 15 is 0 Å². The lowest BCUT2D eigenvalue weighted by Gasteiger charge is -2.33. The molecule has 2 atom stereocenters. The lowest BCUT2D eigenvalue weighted by molar-refractivity contribution is -0.124. The highest BCUT2D eigenvalue weighted by molar-refractivity contribution is 7.18. The Hall–Kier alpha value is -2.34. The van der Waals surface area contributed by atoms with Gasteiger partial charge in [0.2, 0.25) is 11.0 Å². The van der Waals surface area contributed by atoms with Crippen LogP contribution in [0.3, 0.4) is 0 Å². The van der Waals surface area contributed by atoms with Crippen LogP contribution in [-0.4, -0.2) is 23.2 Å². The molecule has 5 nitrogen and oxygen atoms in total. The van der Waals surface area contributed by atoms with Gasteiger partial charge in [-0.05, 0) is 44.2 Å². The number of anilines is 1. The number of amides is 1. The Morgan fingerprint density at radius 3 is 2.54 bits per heavy atom. The van der Waals surface area contributed by atoms with Crippen LogP contribution in [-0.2, 0) is 4.79 Å². The highest BCUT2D eigenvalue weighted by Crippen LogP contribution is 2.44. The quantitative estimate of drug-likeness (QED) is 0.620. The smallest absolute Gasteiger partial charge is 0.449 e. The second-order valence-electron chi connectivity index (χ2n) is 7.79. The van der Waals surface area contributed by atoms with Crippen molar-refractivity contribution in [3.05, 3.63) is 36.4 Å². The summed E-state index contributed by atoms with van der Waals surface area (Å²) in [5.74, 6) is 0.576. The van der Waals surface area contributed by atoms with Gasteiger partial charge in [-0.1, -0.05) is 61.4 Å². The molecule has 0 aliphatic heterocycles. The zero-order chi connectivity index (χ0) is 20.3. The van der Waals surface area contributed by atoms with Gasteiger partial charge in [-0.2, -0.15) is 0 Å². The van der Waals surface area contributed by atoms with Crippen molar-refractivity contribution in [2.24, 2.45) is 11.8 Å². The van der Waals surface area contributed by atoms with Crippen LogP contribution in [0.1, 0.15) is 46.5 Å². The first-order chi connectivity index (χ1) is 13.4. The zero-order valence-corrected chi connectivity index (χ0v) is 17.4. The van der Waals surface area contributed by atoms with Gasteiger partial charge in [0.15, 0.2) is 0 Å². The number of carbonyl (C=O) groups is 2. The molecule has 1 aromatic heterocycles. The predicted molar refractivity (Wildman–Crippen MR) is 112 cm³/mol. The average Bonchev–Trinajstić information content (AvgIpc) is 3.05. The molecular formula is C22H27NO4S. The number of thiophene rings is 1. The average molecular weight is 402 g/mol. The third kappa shape index (κ3) is 4.55. The summed E-state index contributed by atoms with van der Waals surface area (Å²) in [6, 6.07) is 11.5. The Labute approximate surface area is 169 Å². The minimum Gasteiger partial charge on any atom is -0.449 e. The van der Waals surface area contributed by atoms with Gasteiger partial charge in [0.05, 0.1) is 5.69 Å². The van der Waals surface area contributed by atoms with Crippen LogP contribution >= 0.6 is 11.3 Å². The van der Waals surface area contributed by atoms with E-state index in [1.165, 1.54) is 11.3 Å². The maximum Gasteiger partial charge on any atom is 0.512 e. The van der Waals surface area contributed by atoms with Crippen molar-refractivity contribution < 1.29 is 19.4 Å². The Bertz CT molecular complexity index is 830. The molecule has 1 heterocycles. The van der Waals surface area contributed by atoms with Gasteiger partial charge in [0.25, 0.3) is 0 Å². The van der Waals surface area contributed by atoms with Crippen LogP contribution in [0.4, 0.5) is 10.5 Å². The molecule has 6 heteroatoms. The fourth-order valence-corrected chi connectivity index (χ4v) is 4.94. The minimum atomic E-state index is -1.37. The molecule has 1 amide bonds. The highest BCUT2D eigenvalue weighted by Gasteiger charge is 2.33. The Morgan fingerprint density at radius 2 is 1.93 bits per heavy atom. The van der Waals surface area contributed by atoms with E-state index in [0.717, 1.165) is 36.1 Å². The molecule has 3 rings (SSSR count). The van der Waals surface area contributed by atoms with Gasteiger partial charge in [0, 0.05) is 16.8 Å². The second-order valence-corrected chi connectivity index (χ2v) is 8.80. The molecule has 0 spiro atoms. The fraction of sp³-hybridized carbons (Fsp3) is 0.455. The first kappa shape index (κ1) is 20.4. The van der Waals surface area contributed by atoms with Crippen molar-refractivity contribution in [2.75, 3.05) is 4.90 Å². The lowest BCUT2D eigenvalue weighted by atomic mass is 9.81. The Kier molecular flexibility index (Phi) is 6.39. The maximum absolute atomic E-state index is 13.4. The van der Waals surface area contributed by atoms with Gasteiger partial charge in [-0.25, -0.2) is 4.79 Å². The summed E-state index contributed by atoms with van der Waals surface area (Å²) < 4.78 is 5.08. The summed E-state index contributed by atoms with van der Waals surface area (Å²) in [7, 11) is 0. The van der Waals surface area contributed by atoms with Crippen molar-refractivity contribution in [3.8, 4) is 15.5 Å². The first-order valence-corrected chi connectivity index (χ1v) is 10.6. The number of carbonyl (C=O) groups excluding carboxylic acids is 1. The maximum atomic E-state index is 13.4. The summed E-state index contributed by atoms with van der Waals surface area (Å²) in [6.07, 6.45) is 2.62. The van der Waals surface area contributed by atoms with Gasteiger partial charge in [-0.3, -0.25) is 4.79 Å². The Balaban J connectivity index is 2.00. The normalized spacial score (nSPS) is 19.4. The summed E-state index contributed by atoms with van der Waals surface area (Å²) in [5.41, 5.74) is 1.51. The molecule has 0 saturated heterocycles. The van der Waals surface area contributed by atoms with Crippen LogP contribution in [0.5, 0.6) is 5.06 Å². The van der Waals surface area contributed by atoms with E-state index in [1.807, 2.05) is 50.2 Å². The summed E-state index contributed by atoms with van der Waals surface area (Å²) in [6.45, 7) is 6.10. The van der Waals surface area contributed by atoms with Gasteiger partial charge in [0.1, 0.15) is 0 Å². The van der Waals surface area contributed by atoms with Gasteiger partial charge < -0.3 is 14.7 Å². The molecule has 2 aromatic rings. The van der Waals surface area contributed by atoms with Crippen LogP contribution in [0.25, 0.3) is 10.4 Å². The van der Waals surface area contributed by atoms with E-state index < -0.39 is 6.16 Å². The van der Waals surface area contributed by atoms with E-state index in [0.29, 0.717) is 11.6 Å². The molecule has 2 unspecified atom stereocenters. The molecule has 1 saturated carbocycles. The monoisotopic (exact) mass is 401 g/mol. The Morgan fingerprint density at radius 1 is 1.21 bits per heavy atom. The first-order valence-electron chi connectivity index (χ1n) is 9.80. The summed E-state index contributed by atoms with van der Waals surface area (Å²) in [4.78, 5) is 27.3. The molecule has 28 heavy (non-hydrogen) atoms. The molecule has 1 N–H and O–H groups in total. The van der Waals surface area contributed by atoms with Crippen molar-refractivity contribution in [1.82, 2.24) is 0 Å². The predicted octanol–water partition coefficient (Wildman–Crippen LogP) is 6.04. The van der Waals surface area contributed by atoms with Crippen LogP contribution in [0.2, 0.25) is 0 Å². The van der Waals surface area contributed by atoms with E-state index in [2.05, 4.69) is 6.92 Å². The van der Waals surface area contributed by atoms with Gasteiger partial charge in [-0.15, -0.1) is 0 Å². The number of hydrogen-bond donors (Lipinski definition) is 1. The second kappa shape index (κ2) is 8.78. The largest absolute Gasteiger partial charge is 0.512 e. The van der Waals surface area contributed by atoms with Crippen molar-refractivity contribution in [1.29, 1.82) is 0 Å². The third-order valence-electron chi connectivity index (χ3n) is 5.22. The molecule has 1 aromatic carbocycles.